The van der Waals surface area contributed by atoms with E-state index < -0.39 is 6.16 Å². The Morgan fingerprint density at radius 3 is 2.03 bits per heavy atom. The molecule has 3 nitrogen and oxygen atoms in total. The second-order valence-corrected chi connectivity index (χ2v) is 10.7. The molecular formula is C34H41FO3. The molecule has 0 heterocycles. The largest absolute Gasteiger partial charge is 0.519 e. The first-order valence-corrected chi connectivity index (χ1v) is 14.4. The van der Waals surface area contributed by atoms with Crippen molar-refractivity contribution in [1.82, 2.24) is 0 Å². The number of unbranched alkanes of at least 4 members (excludes halogenated alkanes) is 3. The van der Waals surface area contributed by atoms with Crippen LogP contribution in [-0.4, -0.2) is 6.16 Å². The van der Waals surface area contributed by atoms with Gasteiger partial charge in [-0.1, -0.05) is 82.3 Å². The van der Waals surface area contributed by atoms with Crippen LogP contribution in [0, 0.1) is 11.7 Å². The Morgan fingerprint density at radius 2 is 1.42 bits per heavy atom. The average Bonchev–Trinajstić information content (AvgIpc) is 2.94. The van der Waals surface area contributed by atoms with Crippen LogP contribution in [0.4, 0.5) is 9.18 Å². The summed E-state index contributed by atoms with van der Waals surface area (Å²) in [6, 6.07) is 20.1. The van der Waals surface area contributed by atoms with Crippen LogP contribution >= 0.6 is 0 Å². The quantitative estimate of drug-likeness (QED) is 0.144. The third kappa shape index (κ3) is 7.93. The van der Waals surface area contributed by atoms with Gasteiger partial charge in [0.25, 0.3) is 0 Å². The highest BCUT2D eigenvalue weighted by Crippen LogP contribution is 2.39. The molecule has 1 fully saturated rings. The average molecular weight is 517 g/mol. The summed E-state index contributed by atoms with van der Waals surface area (Å²) >= 11 is 0. The molecule has 1 saturated carbocycles. The minimum atomic E-state index is -0.795. The monoisotopic (exact) mass is 516 g/mol. The van der Waals surface area contributed by atoms with Crippen molar-refractivity contribution in [3.05, 3.63) is 83.7 Å². The Balaban J connectivity index is 1.29. The molecule has 3 aromatic carbocycles. The SMILES string of the molecule is CCCCCc1ccc(OC(=O)Oc2ccc(-c3ccc(C4CCC(CCCC)CC4)cc3F)cc2)cc1. The van der Waals surface area contributed by atoms with Crippen molar-refractivity contribution in [1.29, 1.82) is 0 Å². The molecule has 4 heteroatoms. The molecule has 0 saturated heterocycles. The second kappa shape index (κ2) is 14.1. The van der Waals surface area contributed by atoms with Crippen LogP contribution in [0.5, 0.6) is 11.5 Å². The zero-order chi connectivity index (χ0) is 26.7. The van der Waals surface area contributed by atoms with Gasteiger partial charge in [0.1, 0.15) is 17.3 Å². The molecule has 0 unspecified atom stereocenters. The standard InChI is InChI=1S/C34H41FO3/c1-3-5-7-9-26-12-19-30(20-13-26)37-34(36)38-31-21-16-28(17-22-31)32-23-18-29(24-33(32)35)27-14-10-25(11-15-27)8-6-4-2/h12-13,16-25,27H,3-11,14-15H2,1-2H3. The summed E-state index contributed by atoms with van der Waals surface area (Å²) in [6.07, 6.45) is 12.5. The summed E-state index contributed by atoms with van der Waals surface area (Å²) < 4.78 is 25.7. The van der Waals surface area contributed by atoms with Crippen molar-refractivity contribution in [2.24, 2.45) is 5.92 Å². The van der Waals surface area contributed by atoms with Gasteiger partial charge in [-0.15, -0.1) is 0 Å². The number of benzene rings is 3. The maximum absolute atomic E-state index is 15.1. The summed E-state index contributed by atoms with van der Waals surface area (Å²) in [4.78, 5) is 12.2. The van der Waals surface area contributed by atoms with Crippen molar-refractivity contribution >= 4 is 6.16 Å². The molecule has 1 aliphatic rings. The number of hydrogen-bond acceptors (Lipinski definition) is 3. The molecule has 3 aromatic rings. The van der Waals surface area contributed by atoms with Crippen molar-refractivity contribution in [2.45, 2.75) is 90.4 Å². The van der Waals surface area contributed by atoms with Gasteiger partial charge in [0.15, 0.2) is 0 Å². The van der Waals surface area contributed by atoms with Gasteiger partial charge in [-0.05, 0) is 97.4 Å². The summed E-state index contributed by atoms with van der Waals surface area (Å²) in [5.41, 5.74) is 3.64. The van der Waals surface area contributed by atoms with E-state index in [1.807, 2.05) is 18.2 Å². The van der Waals surface area contributed by atoms with Crippen LogP contribution in [0.1, 0.15) is 95.1 Å². The molecule has 0 aromatic heterocycles. The molecule has 1 aliphatic carbocycles. The lowest BCUT2D eigenvalue weighted by atomic mass is 9.77. The molecule has 0 bridgehead atoms. The van der Waals surface area contributed by atoms with Gasteiger partial charge in [-0.3, -0.25) is 0 Å². The van der Waals surface area contributed by atoms with E-state index in [-0.39, 0.29) is 5.82 Å². The zero-order valence-corrected chi connectivity index (χ0v) is 22.9. The smallest absolute Gasteiger partial charge is 0.395 e. The Bertz CT molecular complexity index is 1150. The minimum Gasteiger partial charge on any atom is -0.395 e. The zero-order valence-electron chi connectivity index (χ0n) is 22.9. The highest BCUT2D eigenvalue weighted by Gasteiger charge is 2.23. The summed E-state index contributed by atoms with van der Waals surface area (Å²) in [5.74, 6) is 1.89. The molecule has 0 atom stereocenters. The van der Waals surface area contributed by atoms with E-state index in [0.717, 1.165) is 42.7 Å². The predicted molar refractivity (Wildman–Crippen MR) is 152 cm³/mol. The van der Waals surface area contributed by atoms with Crippen LogP contribution in [0.3, 0.4) is 0 Å². The van der Waals surface area contributed by atoms with Gasteiger partial charge in [-0.25, -0.2) is 9.18 Å². The molecule has 38 heavy (non-hydrogen) atoms. The molecule has 0 amide bonds. The van der Waals surface area contributed by atoms with Gasteiger partial charge in [-0.2, -0.15) is 0 Å². The normalized spacial score (nSPS) is 17.2. The summed E-state index contributed by atoms with van der Waals surface area (Å²) in [7, 11) is 0. The Labute approximate surface area is 227 Å². The van der Waals surface area contributed by atoms with Crippen molar-refractivity contribution in [3.63, 3.8) is 0 Å². The van der Waals surface area contributed by atoms with E-state index in [1.54, 1.807) is 42.5 Å². The number of ether oxygens (including phenoxy) is 2. The van der Waals surface area contributed by atoms with Crippen molar-refractivity contribution in [3.8, 4) is 22.6 Å². The second-order valence-electron chi connectivity index (χ2n) is 10.7. The first-order valence-electron chi connectivity index (χ1n) is 14.4. The summed E-state index contributed by atoms with van der Waals surface area (Å²) in [5, 5.41) is 0. The topological polar surface area (TPSA) is 35.5 Å². The van der Waals surface area contributed by atoms with Crippen LogP contribution < -0.4 is 9.47 Å². The number of hydrogen-bond donors (Lipinski definition) is 0. The lowest BCUT2D eigenvalue weighted by Gasteiger charge is -2.29. The maximum atomic E-state index is 15.1. The highest BCUT2D eigenvalue weighted by molar-refractivity contribution is 5.69. The lowest BCUT2D eigenvalue weighted by Crippen LogP contribution is -2.13. The lowest BCUT2D eigenvalue weighted by molar-refractivity contribution is 0.152. The van der Waals surface area contributed by atoms with Gasteiger partial charge in [0.2, 0.25) is 0 Å². The van der Waals surface area contributed by atoms with Crippen LogP contribution in [0.25, 0.3) is 11.1 Å². The van der Waals surface area contributed by atoms with Crippen molar-refractivity contribution in [2.75, 3.05) is 0 Å². The number of rotatable bonds is 11. The van der Waals surface area contributed by atoms with E-state index in [0.29, 0.717) is 23.0 Å². The third-order valence-corrected chi connectivity index (χ3v) is 7.84. The minimum absolute atomic E-state index is 0.207. The molecule has 0 aliphatic heterocycles. The first-order chi connectivity index (χ1) is 18.6. The van der Waals surface area contributed by atoms with E-state index in [1.165, 1.54) is 50.5 Å². The summed E-state index contributed by atoms with van der Waals surface area (Å²) in [6.45, 7) is 4.44. The molecule has 202 valence electrons. The van der Waals surface area contributed by atoms with Crippen LogP contribution in [-0.2, 0) is 6.42 Å². The highest BCUT2D eigenvalue weighted by atomic mass is 19.1. The molecule has 0 N–H and O–H groups in total. The van der Waals surface area contributed by atoms with Gasteiger partial charge in [0.05, 0.1) is 0 Å². The van der Waals surface area contributed by atoms with E-state index in [4.69, 9.17) is 9.47 Å². The molecule has 4 rings (SSSR count). The molecular weight excluding hydrogens is 475 g/mol. The third-order valence-electron chi connectivity index (χ3n) is 7.84. The molecule has 0 radical (unpaired) electrons. The van der Waals surface area contributed by atoms with Gasteiger partial charge >= 0.3 is 6.16 Å². The van der Waals surface area contributed by atoms with E-state index >= 15 is 4.39 Å². The first kappa shape index (κ1) is 27.9. The fraction of sp³-hybridized carbons (Fsp3) is 0.441. The van der Waals surface area contributed by atoms with Crippen LogP contribution in [0.15, 0.2) is 66.7 Å². The van der Waals surface area contributed by atoms with Gasteiger partial charge < -0.3 is 9.47 Å². The maximum Gasteiger partial charge on any atom is 0.519 e. The Kier molecular flexibility index (Phi) is 10.4. The van der Waals surface area contributed by atoms with Gasteiger partial charge in [0, 0.05) is 5.56 Å². The molecule has 0 spiro atoms. The van der Waals surface area contributed by atoms with E-state index in [9.17, 15) is 4.79 Å². The number of aryl methyl sites for hydroxylation is 1. The number of halogens is 1. The Morgan fingerprint density at radius 1 is 0.789 bits per heavy atom. The van der Waals surface area contributed by atoms with Crippen LogP contribution in [0.2, 0.25) is 0 Å². The predicted octanol–water partition coefficient (Wildman–Crippen LogP) is 10.3. The fourth-order valence-corrected chi connectivity index (χ4v) is 5.52. The van der Waals surface area contributed by atoms with E-state index in [2.05, 4.69) is 19.9 Å². The number of carbonyl (C=O) groups excluding carboxylic acids is 1. The number of carbonyl (C=O) groups is 1. The Hall–Kier alpha value is -3.14. The van der Waals surface area contributed by atoms with Crippen molar-refractivity contribution < 1.29 is 18.7 Å². The fourth-order valence-electron chi connectivity index (χ4n) is 5.52.